The van der Waals surface area contributed by atoms with Crippen molar-refractivity contribution in [3.05, 3.63) is 40.5 Å². The molecule has 0 bridgehead atoms. The number of anilines is 1. The second kappa shape index (κ2) is 4.42. The number of rotatable bonds is 3. The topological polar surface area (TPSA) is 53.6 Å². The molecule has 0 saturated carbocycles. The van der Waals surface area contributed by atoms with Crippen LogP contribution in [0.5, 0.6) is 0 Å². The average molecular weight is 258 g/mol. The summed E-state index contributed by atoms with van der Waals surface area (Å²) in [5, 5.41) is 7.66. The molecular formula is C13H14N4S. The molecule has 0 aromatic carbocycles. The highest BCUT2D eigenvalue weighted by Gasteiger charge is 2.09. The van der Waals surface area contributed by atoms with E-state index in [4.69, 9.17) is 0 Å². The smallest absolute Gasteiger partial charge is 0.139 e. The number of H-pyrrole nitrogens is 1. The number of aryl methyl sites for hydroxylation is 1. The van der Waals surface area contributed by atoms with E-state index in [1.165, 1.54) is 0 Å². The molecule has 3 heterocycles. The lowest BCUT2D eigenvalue weighted by Gasteiger charge is -2.12. The monoisotopic (exact) mass is 258 g/mol. The second-order valence-electron chi connectivity index (χ2n) is 4.27. The number of hydrogen-bond donors (Lipinski definition) is 2. The number of nitrogens with zero attached hydrogens (tertiary/aromatic N) is 2. The fourth-order valence-corrected chi connectivity index (χ4v) is 2.59. The van der Waals surface area contributed by atoms with Crippen LogP contribution in [0.3, 0.4) is 0 Å². The van der Waals surface area contributed by atoms with Gasteiger partial charge in [0.2, 0.25) is 0 Å². The summed E-state index contributed by atoms with van der Waals surface area (Å²) >= 11 is 1.67. The first-order chi connectivity index (χ1) is 8.72. The van der Waals surface area contributed by atoms with E-state index in [0.29, 0.717) is 0 Å². The highest BCUT2D eigenvalue weighted by Crippen LogP contribution is 2.21. The maximum atomic E-state index is 4.52. The highest BCUT2D eigenvalue weighted by molar-refractivity contribution is 7.09. The number of aromatic amines is 1. The summed E-state index contributed by atoms with van der Waals surface area (Å²) in [6.07, 6.45) is 1.90. The number of hydrogen-bond acceptors (Lipinski definition) is 4. The summed E-state index contributed by atoms with van der Waals surface area (Å²) in [7, 11) is 0. The fourth-order valence-electron chi connectivity index (χ4n) is 1.89. The summed E-state index contributed by atoms with van der Waals surface area (Å²) in [4.78, 5) is 12.1. The van der Waals surface area contributed by atoms with Crippen molar-refractivity contribution in [1.82, 2.24) is 15.0 Å². The molecule has 2 N–H and O–H groups in total. The molecule has 0 aliphatic rings. The summed E-state index contributed by atoms with van der Waals surface area (Å²) < 4.78 is 0. The maximum Gasteiger partial charge on any atom is 0.139 e. The molecule has 1 unspecified atom stereocenters. The van der Waals surface area contributed by atoms with Gasteiger partial charge in [0, 0.05) is 17.0 Å². The van der Waals surface area contributed by atoms with Crippen LogP contribution < -0.4 is 5.32 Å². The number of thiazole rings is 1. The van der Waals surface area contributed by atoms with Crippen LogP contribution in [0.25, 0.3) is 11.0 Å². The van der Waals surface area contributed by atoms with Gasteiger partial charge in [-0.05, 0) is 32.0 Å². The first-order valence-corrected chi connectivity index (χ1v) is 6.73. The Morgan fingerprint density at radius 2 is 2.17 bits per heavy atom. The Morgan fingerprint density at radius 1 is 1.28 bits per heavy atom. The van der Waals surface area contributed by atoms with E-state index in [1.807, 2.05) is 25.3 Å². The fraction of sp³-hybridized carbons (Fsp3) is 0.231. The molecule has 3 aromatic rings. The zero-order valence-electron chi connectivity index (χ0n) is 10.3. The van der Waals surface area contributed by atoms with Crippen molar-refractivity contribution in [2.75, 3.05) is 5.32 Å². The molecule has 18 heavy (non-hydrogen) atoms. The lowest BCUT2D eigenvalue weighted by Crippen LogP contribution is -2.08. The molecule has 1 atom stereocenters. The predicted octanol–water partition coefficient (Wildman–Crippen LogP) is 3.50. The van der Waals surface area contributed by atoms with E-state index in [0.717, 1.165) is 27.6 Å². The van der Waals surface area contributed by atoms with Gasteiger partial charge in [-0.15, -0.1) is 11.3 Å². The van der Waals surface area contributed by atoms with Crippen LogP contribution in [0.4, 0.5) is 5.82 Å². The van der Waals surface area contributed by atoms with Crippen LogP contribution in [-0.4, -0.2) is 15.0 Å². The van der Waals surface area contributed by atoms with E-state index in [1.54, 1.807) is 11.3 Å². The van der Waals surface area contributed by atoms with Gasteiger partial charge in [-0.1, -0.05) is 0 Å². The van der Waals surface area contributed by atoms with E-state index in [-0.39, 0.29) is 6.04 Å². The minimum Gasteiger partial charge on any atom is -0.362 e. The molecule has 0 amide bonds. The van der Waals surface area contributed by atoms with Gasteiger partial charge in [0.25, 0.3) is 0 Å². The lowest BCUT2D eigenvalue weighted by atomic mass is 10.2. The van der Waals surface area contributed by atoms with Crippen molar-refractivity contribution >= 4 is 28.2 Å². The van der Waals surface area contributed by atoms with Crippen molar-refractivity contribution in [3.63, 3.8) is 0 Å². The second-order valence-corrected chi connectivity index (χ2v) is 5.33. The summed E-state index contributed by atoms with van der Waals surface area (Å²) in [5.74, 6) is 0.864. The molecule has 92 valence electrons. The average Bonchev–Trinajstić information content (AvgIpc) is 2.96. The third-order valence-electron chi connectivity index (χ3n) is 2.85. The van der Waals surface area contributed by atoms with Crippen LogP contribution in [-0.2, 0) is 0 Å². The molecular weight excluding hydrogens is 244 g/mol. The number of nitrogens with one attached hydrogen (secondary N) is 2. The third kappa shape index (κ3) is 2.09. The van der Waals surface area contributed by atoms with E-state index < -0.39 is 0 Å². The van der Waals surface area contributed by atoms with Crippen LogP contribution >= 0.6 is 11.3 Å². The standard InChI is InChI=1S/C13H14N4S/c1-8(11-7-18-9(2)16-11)15-12-4-3-10-5-6-14-13(10)17-12/h3-8H,1-2H3,(H2,14,15,17). The van der Waals surface area contributed by atoms with E-state index in [9.17, 15) is 0 Å². The minimum absolute atomic E-state index is 0.162. The van der Waals surface area contributed by atoms with Crippen molar-refractivity contribution in [1.29, 1.82) is 0 Å². The van der Waals surface area contributed by atoms with Gasteiger partial charge >= 0.3 is 0 Å². The summed E-state index contributed by atoms with van der Waals surface area (Å²) in [5.41, 5.74) is 1.97. The van der Waals surface area contributed by atoms with Gasteiger partial charge in [0.05, 0.1) is 16.7 Å². The van der Waals surface area contributed by atoms with Crippen molar-refractivity contribution < 1.29 is 0 Å². The van der Waals surface area contributed by atoms with Crippen molar-refractivity contribution in [2.24, 2.45) is 0 Å². The van der Waals surface area contributed by atoms with Gasteiger partial charge in [-0.3, -0.25) is 0 Å². The normalized spacial score (nSPS) is 12.8. The van der Waals surface area contributed by atoms with Gasteiger partial charge in [-0.2, -0.15) is 0 Å². The van der Waals surface area contributed by atoms with E-state index >= 15 is 0 Å². The number of fused-ring (bicyclic) bond motifs is 1. The van der Waals surface area contributed by atoms with Crippen molar-refractivity contribution in [3.8, 4) is 0 Å². The molecule has 0 spiro atoms. The third-order valence-corrected chi connectivity index (χ3v) is 3.65. The van der Waals surface area contributed by atoms with Gasteiger partial charge in [-0.25, -0.2) is 9.97 Å². The van der Waals surface area contributed by atoms with Crippen LogP contribution in [0, 0.1) is 6.92 Å². The minimum atomic E-state index is 0.162. The summed E-state index contributed by atoms with van der Waals surface area (Å²) in [6.45, 7) is 4.11. The Bertz CT molecular complexity index is 670. The molecule has 3 rings (SSSR count). The quantitative estimate of drug-likeness (QED) is 0.756. The molecule has 4 nitrogen and oxygen atoms in total. The first kappa shape index (κ1) is 11.2. The zero-order valence-corrected chi connectivity index (χ0v) is 11.1. The van der Waals surface area contributed by atoms with Crippen molar-refractivity contribution in [2.45, 2.75) is 19.9 Å². The van der Waals surface area contributed by atoms with Gasteiger partial charge in [0.1, 0.15) is 11.5 Å². The molecule has 0 fully saturated rings. The van der Waals surface area contributed by atoms with E-state index in [2.05, 4.69) is 38.6 Å². The SMILES string of the molecule is Cc1nc(C(C)Nc2ccc3cc[nH]c3n2)cs1. The Morgan fingerprint density at radius 3 is 2.94 bits per heavy atom. The first-order valence-electron chi connectivity index (χ1n) is 5.85. The molecule has 0 aliphatic heterocycles. The van der Waals surface area contributed by atoms with Crippen LogP contribution in [0.15, 0.2) is 29.8 Å². The Hall–Kier alpha value is -1.88. The summed E-state index contributed by atoms with van der Waals surface area (Å²) in [6, 6.07) is 6.22. The lowest BCUT2D eigenvalue weighted by molar-refractivity contribution is 0.839. The maximum absolute atomic E-state index is 4.52. The Balaban J connectivity index is 1.83. The zero-order chi connectivity index (χ0) is 12.5. The molecule has 0 radical (unpaired) electrons. The Labute approximate surface area is 109 Å². The molecule has 0 aliphatic carbocycles. The molecule has 3 aromatic heterocycles. The van der Waals surface area contributed by atoms with Gasteiger partial charge in [0.15, 0.2) is 0 Å². The largest absolute Gasteiger partial charge is 0.362 e. The Kier molecular flexibility index (Phi) is 2.76. The predicted molar refractivity (Wildman–Crippen MR) is 75.0 cm³/mol. The van der Waals surface area contributed by atoms with Gasteiger partial charge < -0.3 is 10.3 Å². The van der Waals surface area contributed by atoms with Crippen LogP contribution in [0.2, 0.25) is 0 Å². The number of aromatic nitrogens is 3. The van der Waals surface area contributed by atoms with Crippen LogP contribution in [0.1, 0.15) is 23.7 Å². The molecule has 5 heteroatoms. The number of pyridine rings is 1. The highest BCUT2D eigenvalue weighted by atomic mass is 32.1. The molecule has 0 saturated heterocycles.